The Labute approximate surface area is 165 Å². The van der Waals surface area contributed by atoms with Gasteiger partial charge in [-0.1, -0.05) is 19.4 Å². The Morgan fingerprint density at radius 2 is 1.82 bits per heavy atom. The zero-order valence-corrected chi connectivity index (χ0v) is 16.6. The molecule has 4 amide bonds. The number of carbonyl (C=O) groups excluding carboxylic acids is 3. The van der Waals surface area contributed by atoms with Gasteiger partial charge < -0.3 is 9.47 Å². The molecule has 0 unspecified atom stereocenters. The molecule has 28 heavy (non-hydrogen) atoms. The zero-order valence-electron chi connectivity index (χ0n) is 16.6. The van der Waals surface area contributed by atoms with Crippen LogP contribution >= 0.6 is 0 Å². The largest absolute Gasteiger partial charge is 0.497 e. The van der Waals surface area contributed by atoms with Crippen molar-refractivity contribution in [3.8, 4) is 11.5 Å². The van der Waals surface area contributed by atoms with Gasteiger partial charge in [0.05, 0.1) is 20.9 Å². The Balaban J connectivity index is 1.78. The summed E-state index contributed by atoms with van der Waals surface area (Å²) >= 11 is 0. The van der Waals surface area contributed by atoms with Crippen LogP contribution in [0.1, 0.15) is 44.2 Å². The number of hydrogen-bond donors (Lipinski definition) is 0. The van der Waals surface area contributed by atoms with Crippen LogP contribution in [0.2, 0.25) is 0 Å². The molecule has 2 heterocycles. The molecule has 0 bridgehead atoms. The van der Waals surface area contributed by atoms with Gasteiger partial charge >= 0.3 is 17.8 Å². The molecule has 0 aliphatic carbocycles. The van der Waals surface area contributed by atoms with Crippen LogP contribution in [0.15, 0.2) is 18.2 Å². The maximum absolute atomic E-state index is 12.6. The third-order valence-corrected chi connectivity index (χ3v) is 5.36. The minimum atomic E-state index is -0.742. The third-order valence-electron chi connectivity index (χ3n) is 5.36. The lowest BCUT2D eigenvalue weighted by atomic mass is 10.0. The van der Waals surface area contributed by atoms with E-state index >= 15 is 0 Å². The van der Waals surface area contributed by atoms with Gasteiger partial charge in [-0.3, -0.25) is 19.4 Å². The highest BCUT2D eigenvalue weighted by atomic mass is 16.5. The van der Waals surface area contributed by atoms with E-state index in [4.69, 9.17) is 9.47 Å². The summed E-state index contributed by atoms with van der Waals surface area (Å²) in [5.74, 6) is -0.0622. The SMILES string of the molecule is CCCCN1C(=O)C(=O)N(CN2CCC[C@@H]2c2ccc(OC)cc2OC)C1=O. The van der Waals surface area contributed by atoms with Crippen LogP contribution in [0.3, 0.4) is 0 Å². The number of nitrogens with zero attached hydrogens (tertiary/aromatic N) is 3. The zero-order chi connectivity index (χ0) is 20.3. The molecule has 3 rings (SSSR count). The van der Waals surface area contributed by atoms with E-state index in [0.29, 0.717) is 17.9 Å². The molecule has 0 N–H and O–H groups in total. The van der Waals surface area contributed by atoms with Crippen LogP contribution in [-0.2, 0) is 9.59 Å². The fourth-order valence-electron chi connectivity index (χ4n) is 3.81. The average Bonchev–Trinajstić information content (AvgIpc) is 3.25. The summed E-state index contributed by atoms with van der Waals surface area (Å²) in [7, 11) is 3.21. The molecule has 8 nitrogen and oxygen atoms in total. The first kappa shape index (κ1) is 20.1. The van der Waals surface area contributed by atoms with E-state index in [2.05, 4.69) is 4.90 Å². The van der Waals surface area contributed by atoms with Gasteiger partial charge in [0.25, 0.3) is 0 Å². The Hall–Kier alpha value is -2.61. The average molecular weight is 389 g/mol. The van der Waals surface area contributed by atoms with Crippen molar-refractivity contribution >= 4 is 17.8 Å². The van der Waals surface area contributed by atoms with E-state index in [0.717, 1.165) is 41.2 Å². The lowest BCUT2D eigenvalue weighted by molar-refractivity contribution is -0.144. The number of imide groups is 2. The molecule has 2 aliphatic heterocycles. The van der Waals surface area contributed by atoms with Crippen molar-refractivity contribution in [1.29, 1.82) is 0 Å². The highest BCUT2D eigenvalue weighted by molar-refractivity contribution is 6.44. The molecule has 8 heteroatoms. The lowest BCUT2D eigenvalue weighted by Gasteiger charge is -2.29. The van der Waals surface area contributed by atoms with E-state index in [1.54, 1.807) is 14.2 Å². The molecule has 0 aromatic heterocycles. The van der Waals surface area contributed by atoms with Gasteiger partial charge in [0.1, 0.15) is 11.5 Å². The summed E-state index contributed by atoms with van der Waals surface area (Å²) in [6.07, 6.45) is 3.35. The standard InChI is InChI=1S/C20H27N3O5/c1-4-5-11-22-18(24)19(25)23(20(22)26)13-21-10-6-7-16(21)15-9-8-14(27-2)12-17(15)28-3/h8-9,12,16H,4-7,10-11,13H2,1-3H3/t16-/m1/s1. The van der Waals surface area contributed by atoms with Crippen molar-refractivity contribution in [2.45, 2.75) is 38.6 Å². The molecule has 2 aliphatic rings. The normalized spacial score (nSPS) is 20.4. The van der Waals surface area contributed by atoms with Crippen LogP contribution in [0.25, 0.3) is 0 Å². The number of unbranched alkanes of at least 4 members (excludes halogenated alkanes) is 1. The predicted molar refractivity (Wildman–Crippen MR) is 102 cm³/mol. The van der Waals surface area contributed by atoms with Crippen molar-refractivity contribution in [2.24, 2.45) is 0 Å². The van der Waals surface area contributed by atoms with Crippen LogP contribution in [0.5, 0.6) is 11.5 Å². The van der Waals surface area contributed by atoms with Crippen LogP contribution in [0, 0.1) is 0 Å². The summed E-state index contributed by atoms with van der Waals surface area (Å²) in [6, 6.07) is 5.13. The fourth-order valence-corrected chi connectivity index (χ4v) is 3.81. The van der Waals surface area contributed by atoms with Crippen molar-refractivity contribution < 1.29 is 23.9 Å². The van der Waals surface area contributed by atoms with Gasteiger partial charge in [-0.05, 0) is 25.3 Å². The topological polar surface area (TPSA) is 79.4 Å². The van der Waals surface area contributed by atoms with Crippen molar-refractivity contribution in [2.75, 3.05) is 34.0 Å². The van der Waals surface area contributed by atoms with Gasteiger partial charge in [0, 0.05) is 30.8 Å². The summed E-state index contributed by atoms with van der Waals surface area (Å²) in [5.41, 5.74) is 0.981. The summed E-state index contributed by atoms with van der Waals surface area (Å²) in [4.78, 5) is 41.3. The first-order chi connectivity index (χ1) is 13.5. The monoisotopic (exact) mass is 389 g/mol. The number of likely N-dealkylation sites (tertiary alicyclic amines) is 1. The van der Waals surface area contributed by atoms with Crippen molar-refractivity contribution in [3.63, 3.8) is 0 Å². The molecular formula is C20H27N3O5. The summed E-state index contributed by atoms with van der Waals surface area (Å²) in [5, 5.41) is 0. The van der Waals surface area contributed by atoms with Gasteiger partial charge in [-0.2, -0.15) is 0 Å². The van der Waals surface area contributed by atoms with E-state index in [9.17, 15) is 14.4 Å². The molecule has 2 saturated heterocycles. The third kappa shape index (κ3) is 3.69. The summed E-state index contributed by atoms with van der Waals surface area (Å²) in [6.45, 7) is 3.10. The van der Waals surface area contributed by atoms with Crippen LogP contribution in [-0.4, -0.2) is 66.5 Å². The molecule has 1 aromatic carbocycles. The number of methoxy groups -OCH3 is 2. The minimum absolute atomic E-state index is 0.00116. The highest BCUT2D eigenvalue weighted by Gasteiger charge is 2.45. The maximum Gasteiger partial charge on any atom is 0.335 e. The van der Waals surface area contributed by atoms with E-state index < -0.39 is 17.8 Å². The van der Waals surface area contributed by atoms with E-state index in [1.807, 2.05) is 25.1 Å². The second kappa shape index (κ2) is 8.60. The van der Waals surface area contributed by atoms with Crippen molar-refractivity contribution in [1.82, 2.24) is 14.7 Å². The first-order valence-electron chi connectivity index (χ1n) is 9.65. The van der Waals surface area contributed by atoms with Gasteiger partial charge in [-0.25, -0.2) is 9.69 Å². The number of amides is 4. The molecule has 0 saturated carbocycles. The number of carbonyl (C=O) groups is 3. The molecular weight excluding hydrogens is 362 g/mol. The molecule has 1 aromatic rings. The molecule has 1 atom stereocenters. The second-order valence-corrected chi connectivity index (χ2v) is 7.05. The van der Waals surface area contributed by atoms with Crippen molar-refractivity contribution in [3.05, 3.63) is 23.8 Å². The predicted octanol–water partition coefficient (Wildman–Crippen LogP) is 2.39. The number of ether oxygens (including phenoxy) is 2. The molecule has 0 spiro atoms. The van der Waals surface area contributed by atoms with Gasteiger partial charge in [-0.15, -0.1) is 0 Å². The lowest BCUT2D eigenvalue weighted by Crippen LogP contribution is -2.42. The molecule has 0 radical (unpaired) electrons. The van der Waals surface area contributed by atoms with Gasteiger partial charge in [0.15, 0.2) is 0 Å². The Morgan fingerprint density at radius 3 is 2.50 bits per heavy atom. The first-order valence-corrected chi connectivity index (χ1v) is 9.65. The Morgan fingerprint density at radius 1 is 1.07 bits per heavy atom. The molecule has 152 valence electrons. The number of hydrogen-bond acceptors (Lipinski definition) is 6. The van der Waals surface area contributed by atoms with E-state index in [-0.39, 0.29) is 19.3 Å². The fraction of sp³-hybridized carbons (Fsp3) is 0.550. The quantitative estimate of drug-likeness (QED) is 0.502. The Bertz CT molecular complexity index is 766. The minimum Gasteiger partial charge on any atom is -0.497 e. The maximum atomic E-state index is 12.6. The van der Waals surface area contributed by atoms with Crippen LogP contribution in [0.4, 0.5) is 4.79 Å². The highest BCUT2D eigenvalue weighted by Crippen LogP contribution is 2.39. The smallest absolute Gasteiger partial charge is 0.335 e. The van der Waals surface area contributed by atoms with E-state index in [1.165, 1.54) is 0 Å². The number of rotatable bonds is 8. The second-order valence-electron chi connectivity index (χ2n) is 7.05. The Kier molecular flexibility index (Phi) is 6.18. The number of urea groups is 1. The summed E-state index contributed by atoms with van der Waals surface area (Å²) < 4.78 is 10.8. The van der Waals surface area contributed by atoms with Gasteiger partial charge in [0.2, 0.25) is 0 Å². The molecule has 2 fully saturated rings. The van der Waals surface area contributed by atoms with Crippen LogP contribution < -0.4 is 9.47 Å². The number of benzene rings is 1.